The Balaban J connectivity index is 1.51. The van der Waals surface area contributed by atoms with Crippen molar-refractivity contribution in [1.29, 1.82) is 0 Å². The Labute approximate surface area is 167 Å². The molecule has 142 valence electrons. The van der Waals surface area contributed by atoms with Crippen molar-refractivity contribution >= 4 is 23.4 Å². The highest BCUT2D eigenvalue weighted by molar-refractivity contribution is 7.99. The molecule has 0 spiro atoms. The third-order valence-corrected chi connectivity index (χ3v) is 5.32. The van der Waals surface area contributed by atoms with Gasteiger partial charge in [0, 0.05) is 10.8 Å². The van der Waals surface area contributed by atoms with Gasteiger partial charge in [0.2, 0.25) is 5.16 Å². The molecule has 0 amide bonds. The van der Waals surface area contributed by atoms with Crippen molar-refractivity contribution in [1.82, 2.24) is 20.2 Å². The van der Waals surface area contributed by atoms with E-state index in [4.69, 9.17) is 16.3 Å². The average molecular weight is 405 g/mol. The molecule has 1 N–H and O–H groups in total. The van der Waals surface area contributed by atoms with Crippen LogP contribution in [0.2, 0.25) is 5.02 Å². The molecule has 3 rings (SSSR count). The van der Waals surface area contributed by atoms with Crippen LogP contribution in [-0.2, 0) is 4.74 Å². The summed E-state index contributed by atoms with van der Waals surface area (Å²) >= 11 is 7.29. The number of aliphatic hydroxyl groups is 1. The van der Waals surface area contributed by atoms with E-state index >= 15 is 0 Å². The van der Waals surface area contributed by atoms with Crippen molar-refractivity contribution in [3.63, 3.8) is 0 Å². The minimum Gasteiger partial charge on any atom is -0.390 e. The Kier molecular flexibility index (Phi) is 6.84. The summed E-state index contributed by atoms with van der Waals surface area (Å²) in [5.74, 6) is 0.430. The van der Waals surface area contributed by atoms with Crippen LogP contribution in [0.25, 0.3) is 5.69 Å². The molecule has 1 aromatic heterocycles. The molecule has 0 aliphatic carbocycles. The number of tetrazole rings is 1. The third-order valence-electron chi connectivity index (χ3n) is 4.00. The van der Waals surface area contributed by atoms with Gasteiger partial charge in [-0.05, 0) is 54.1 Å². The van der Waals surface area contributed by atoms with Crippen LogP contribution in [0.1, 0.15) is 24.2 Å². The SMILES string of the molecule is Cc1ccc(-n2nnnc2SC[C@@H](O)CO[C@@H](C)c2ccc(Cl)cc2)cc1. The van der Waals surface area contributed by atoms with E-state index in [0.717, 1.165) is 11.3 Å². The molecule has 0 saturated heterocycles. The Morgan fingerprint density at radius 2 is 1.85 bits per heavy atom. The standard InChI is InChI=1S/C19H21ClN4O2S/c1-13-3-9-17(10-4-13)24-19(21-22-23-24)27-12-18(25)11-26-14(2)15-5-7-16(20)8-6-15/h3-10,14,18,25H,11-12H2,1-2H3/t14-,18-/m0/s1. The first kappa shape index (κ1) is 19.8. The first-order valence-corrected chi connectivity index (χ1v) is 9.92. The zero-order valence-electron chi connectivity index (χ0n) is 15.1. The third kappa shape index (κ3) is 5.52. The monoisotopic (exact) mass is 404 g/mol. The van der Waals surface area contributed by atoms with Gasteiger partial charge in [0.1, 0.15) is 0 Å². The van der Waals surface area contributed by atoms with Crippen LogP contribution in [0.3, 0.4) is 0 Å². The van der Waals surface area contributed by atoms with Gasteiger partial charge >= 0.3 is 0 Å². The van der Waals surface area contributed by atoms with Crippen molar-refractivity contribution in [2.75, 3.05) is 12.4 Å². The van der Waals surface area contributed by atoms with E-state index in [-0.39, 0.29) is 12.7 Å². The van der Waals surface area contributed by atoms with Gasteiger partial charge in [0.05, 0.1) is 24.5 Å². The highest BCUT2D eigenvalue weighted by atomic mass is 35.5. The van der Waals surface area contributed by atoms with Crippen LogP contribution >= 0.6 is 23.4 Å². The van der Waals surface area contributed by atoms with E-state index in [0.29, 0.717) is 15.9 Å². The van der Waals surface area contributed by atoms with E-state index in [1.165, 1.54) is 17.3 Å². The van der Waals surface area contributed by atoms with E-state index in [2.05, 4.69) is 15.5 Å². The van der Waals surface area contributed by atoms with Crippen LogP contribution < -0.4 is 0 Å². The summed E-state index contributed by atoms with van der Waals surface area (Å²) in [6.07, 6.45) is -0.757. The number of halogens is 1. The maximum Gasteiger partial charge on any atom is 0.214 e. The van der Waals surface area contributed by atoms with Gasteiger partial charge in [0.15, 0.2) is 0 Å². The fourth-order valence-corrected chi connectivity index (χ4v) is 3.34. The molecule has 2 aromatic carbocycles. The molecule has 1 heterocycles. The molecule has 8 heteroatoms. The lowest BCUT2D eigenvalue weighted by molar-refractivity contribution is 0.00621. The first-order valence-electron chi connectivity index (χ1n) is 8.56. The Morgan fingerprint density at radius 3 is 2.56 bits per heavy atom. The lowest BCUT2D eigenvalue weighted by Crippen LogP contribution is -2.19. The van der Waals surface area contributed by atoms with Gasteiger partial charge in [0.25, 0.3) is 0 Å². The summed E-state index contributed by atoms with van der Waals surface area (Å²) in [7, 11) is 0. The lowest BCUT2D eigenvalue weighted by Gasteiger charge is -2.16. The van der Waals surface area contributed by atoms with Crippen molar-refractivity contribution in [3.05, 3.63) is 64.7 Å². The van der Waals surface area contributed by atoms with Gasteiger partial charge < -0.3 is 9.84 Å². The minimum absolute atomic E-state index is 0.125. The number of hydrogen-bond acceptors (Lipinski definition) is 6. The molecule has 0 aliphatic heterocycles. The number of benzene rings is 2. The Morgan fingerprint density at radius 1 is 1.15 bits per heavy atom. The largest absolute Gasteiger partial charge is 0.390 e. The fraction of sp³-hybridized carbons (Fsp3) is 0.316. The van der Waals surface area contributed by atoms with Gasteiger partial charge in [-0.3, -0.25) is 0 Å². The minimum atomic E-state index is -0.632. The van der Waals surface area contributed by atoms with Gasteiger partial charge in [-0.2, -0.15) is 4.68 Å². The quantitative estimate of drug-likeness (QED) is 0.575. The summed E-state index contributed by atoms with van der Waals surface area (Å²) < 4.78 is 7.42. The normalized spacial score (nSPS) is 13.5. The van der Waals surface area contributed by atoms with Crippen molar-refractivity contribution in [3.8, 4) is 5.69 Å². The number of aromatic nitrogens is 4. The highest BCUT2D eigenvalue weighted by Gasteiger charge is 2.14. The number of rotatable bonds is 8. The second-order valence-electron chi connectivity index (χ2n) is 6.20. The van der Waals surface area contributed by atoms with Gasteiger partial charge in [-0.25, -0.2) is 0 Å². The van der Waals surface area contributed by atoms with E-state index in [1.807, 2.05) is 62.4 Å². The molecule has 0 radical (unpaired) electrons. The molecule has 0 fully saturated rings. The summed E-state index contributed by atoms with van der Waals surface area (Å²) in [5.41, 5.74) is 3.07. The van der Waals surface area contributed by atoms with Gasteiger partial charge in [-0.1, -0.05) is 53.2 Å². The molecule has 27 heavy (non-hydrogen) atoms. The summed E-state index contributed by atoms with van der Waals surface area (Å²) in [4.78, 5) is 0. The number of nitrogens with zero attached hydrogens (tertiary/aromatic N) is 4. The van der Waals surface area contributed by atoms with Crippen molar-refractivity contribution in [2.45, 2.75) is 31.2 Å². The van der Waals surface area contributed by atoms with Crippen LogP contribution in [0.4, 0.5) is 0 Å². The summed E-state index contributed by atoms with van der Waals surface area (Å²) in [5, 5.41) is 23.4. The van der Waals surface area contributed by atoms with E-state index < -0.39 is 6.10 Å². The number of ether oxygens (including phenoxy) is 1. The van der Waals surface area contributed by atoms with Crippen molar-refractivity contribution < 1.29 is 9.84 Å². The van der Waals surface area contributed by atoms with Crippen LogP contribution in [0.5, 0.6) is 0 Å². The molecule has 0 saturated carbocycles. The van der Waals surface area contributed by atoms with Crippen molar-refractivity contribution in [2.24, 2.45) is 0 Å². The maximum absolute atomic E-state index is 10.2. The summed E-state index contributed by atoms with van der Waals surface area (Å²) in [6.45, 7) is 4.20. The predicted octanol–water partition coefficient (Wildman–Crippen LogP) is 3.85. The zero-order chi connectivity index (χ0) is 19.2. The summed E-state index contributed by atoms with van der Waals surface area (Å²) in [6, 6.07) is 15.4. The number of hydrogen-bond donors (Lipinski definition) is 1. The second-order valence-corrected chi connectivity index (χ2v) is 7.62. The second kappa shape index (κ2) is 9.32. The average Bonchev–Trinajstić information content (AvgIpc) is 3.14. The topological polar surface area (TPSA) is 73.1 Å². The van der Waals surface area contributed by atoms with Crippen LogP contribution in [-0.4, -0.2) is 43.8 Å². The molecule has 3 aromatic rings. The lowest BCUT2D eigenvalue weighted by atomic mass is 10.1. The Hall–Kier alpha value is -1.93. The number of thioether (sulfide) groups is 1. The van der Waals surface area contributed by atoms with E-state index in [1.54, 1.807) is 4.68 Å². The molecular weight excluding hydrogens is 384 g/mol. The van der Waals surface area contributed by atoms with Crippen LogP contribution in [0.15, 0.2) is 53.7 Å². The first-order chi connectivity index (χ1) is 13.0. The molecule has 0 unspecified atom stereocenters. The maximum atomic E-state index is 10.2. The number of aryl methyl sites for hydroxylation is 1. The predicted molar refractivity (Wildman–Crippen MR) is 106 cm³/mol. The molecule has 6 nitrogen and oxygen atoms in total. The fourth-order valence-electron chi connectivity index (χ4n) is 2.42. The van der Waals surface area contributed by atoms with Crippen LogP contribution in [0, 0.1) is 6.92 Å². The van der Waals surface area contributed by atoms with E-state index in [9.17, 15) is 5.11 Å². The molecule has 0 aliphatic rings. The highest BCUT2D eigenvalue weighted by Crippen LogP contribution is 2.22. The molecule has 0 bridgehead atoms. The van der Waals surface area contributed by atoms with Gasteiger partial charge in [-0.15, -0.1) is 5.10 Å². The molecule has 2 atom stereocenters. The smallest absolute Gasteiger partial charge is 0.214 e. The Bertz CT molecular complexity index is 855. The zero-order valence-corrected chi connectivity index (χ0v) is 16.7. The molecular formula is C19H21ClN4O2S. The number of aliphatic hydroxyl groups excluding tert-OH is 1.